The van der Waals surface area contributed by atoms with Crippen LogP contribution in [0.5, 0.6) is 11.5 Å². The molecule has 0 heterocycles. The van der Waals surface area contributed by atoms with Gasteiger partial charge in [-0.3, -0.25) is 9.59 Å². The summed E-state index contributed by atoms with van der Waals surface area (Å²) in [7, 11) is 6.44. The standard InChI is InChI=1S/C14H20N2O4/c1-15-5-6-16(2)14(18)10-7-11(9-17)13(20-4)12(8-10)19-3/h7-9,15H,5-6H2,1-4H3. The Morgan fingerprint density at radius 2 is 2.05 bits per heavy atom. The molecule has 1 rings (SSSR count). The van der Waals surface area contributed by atoms with Crippen LogP contribution in [0.4, 0.5) is 0 Å². The molecule has 0 saturated heterocycles. The van der Waals surface area contributed by atoms with Crippen molar-refractivity contribution >= 4 is 12.2 Å². The van der Waals surface area contributed by atoms with Gasteiger partial charge in [0.15, 0.2) is 17.8 Å². The Morgan fingerprint density at radius 3 is 2.55 bits per heavy atom. The average molecular weight is 280 g/mol. The summed E-state index contributed by atoms with van der Waals surface area (Å²) in [6.07, 6.45) is 0.645. The number of carbonyl (C=O) groups excluding carboxylic acids is 2. The Labute approximate surface area is 118 Å². The number of nitrogens with one attached hydrogen (secondary N) is 1. The molecule has 0 atom stereocenters. The lowest BCUT2D eigenvalue weighted by molar-refractivity contribution is 0.0796. The van der Waals surface area contributed by atoms with Crippen molar-refractivity contribution in [3.05, 3.63) is 23.3 Å². The fraction of sp³-hybridized carbons (Fsp3) is 0.429. The maximum atomic E-state index is 12.3. The molecule has 0 bridgehead atoms. The number of hydrogen-bond acceptors (Lipinski definition) is 5. The van der Waals surface area contributed by atoms with Crippen molar-refractivity contribution < 1.29 is 19.1 Å². The number of hydrogen-bond donors (Lipinski definition) is 1. The number of amides is 1. The van der Waals surface area contributed by atoms with Crippen molar-refractivity contribution in [2.24, 2.45) is 0 Å². The normalized spacial score (nSPS) is 10.0. The van der Waals surface area contributed by atoms with Gasteiger partial charge in [-0.1, -0.05) is 0 Å². The molecule has 0 aromatic heterocycles. The highest BCUT2D eigenvalue weighted by molar-refractivity contribution is 5.97. The van der Waals surface area contributed by atoms with Gasteiger partial charge in [0.05, 0.1) is 19.8 Å². The molecule has 0 fully saturated rings. The van der Waals surface area contributed by atoms with E-state index < -0.39 is 0 Å². The smallest absolute Gasteiger partial charge is 0.253 e. The molecule has 6 nitrogen and oxygen atoms in total. The van der Waals surface area contributed by atoms with Crippen LogP contribution < -0.4 is 14.8 Å². The zero-order valence-corrected chi connectivity index (χ0v) is 12.2. The lowest BCUT2D eigenvalue weighted by Gasteiger charge is -2.18. The zero-order valence-electron chi connectivity index (χ0n) is 12.2. The summed E-state index contributed by atoms with van der Waals surface area (Å²) in [6, 6.07) is 3.08. The van der Waals surface area contributed by atoms with Crippen molar-refractivity contribution in [2.45, 2.75) is 0 Å². The minimum absolute atomic E-state index is 0.177. The van der Waals surface area contributed by atoms with Gasteiger partial charge < -0.3 is 19.7 Å². The Morgan fingerprint density at radius 1 is 1.35 bits per heavy atom. The first-order valence-corrected chi connectivity index (χ1v) is 6.20. The van der Waals surface area contributed by atoms with Crippen LogP contribution in [0.1, 0.15) is 20.7 Å². The van der Waals surface area contributed by atoms with E-state index in [0.717, 1.165) is 0 Å². The van der Waals surface area contributed by atoms with Crippen LogP contribution in [0.15, 0.2) is 12.1 Å². The quantitative estimate of drug-likeness (QED) is 0.749. The van der Waals surface area contributed by atoms with Gasteiger partial charge in [0.2, 0.25) is 0 Å². The van der Waals surface area contributed by atoms with Gasteiger partial charge in [-0.05, 0) is 19.2 Å². The first-order valence-electron chi connectivity index (χ1n) is 6.20. The monoisotopic (exact) mass is 280 g/mol. The molecule has 0 aliphatic carbocycles. The van der Waals surface area contributed by atoms with Crippen LogP contribution in [0, 0.1) is 0 Å². The summed E-state index contributed by atoms with van der Waals surface area (Å²) in [5, 5.41) is 2.97. The number of carbonyl (C=O) groups is 2. The topological polar surface area (TPSA) is 67.9 Å². The summed E-state index contributed by atoms with van der Waals surface area (Å²) in [5.41, 5.74) is 0.681. The largest absolute Gasteiger partial charge is 0.493 e. The zero-order chi connectivity index (χ0) is 15.1. The molecule has 0 aliphatic rings. The number of aldehydes is 1. The van der Waals surface area contributed by atoms with E-state index in [1.165, 1.54) is 20.3 Å². The van der Waals surface area contributed by atoms with Crippen molar-refractivity contribution in [2.75, 3.05) is 41.4 Å². The second-order valence-corrected chi connectivity index (χ2v) is 4.25. The molecule has 1 amide bonds. The Balaban J connectivity index is 3.12. The van der Waals surface area contributed by atoms with E-state index in [2.05, 4.69) is 5.32 Å². The molecular weight excluding hydrogens is 260 g/mol. The van der Waals surface area contributed by atoms with Gasteiger partial charge in [0.25, 0.3) is 5.91 Å². The van der Waals surface area contributed by atoms with Crippen LogP contribution in [-0.2, 0) is 0 Å². The van der Waals surface area contributed by atoms with Crippen LogP contribution >= 0.6 is 0 Å². The minimum Gasteiger partial charge on any atom is -0.493 e. The van der Waals surface area contributed by atoms with Gasteiger partial charge in [-0.15, -0.1) is 0 Å². The van der Waals surface area contributed by atoms with E-state index in [9.17, 15) is 9.59 Å². The van der Waals surface area contributed by atoms with Crippen molar-refractivity contribution in [3.63, 3.8) is 0 Å². The summed E-state index contributed by atoms with van der Waals surface area (Å²) < 4.78 is 10.3. The van der Waals surface area contributed by atoms with Gasteiger partial charge in [0.1, 0.15) is 0 Å². The second-order valence-electron chi connectivity index (χ2n) is 4.25. The predicted octanol–water partition coefficient (Wildman–Crippen LogP) is 0.808. The van der Waals surface area contributed by atoms with Gasteiger partial charge >= 0.3 is 0 Å². The van der Waals surface area contributed by atoms with Crippen molar-refractivity contribution in [3.8, 4) is 11.5 Å². The Hall–Kier alpha value is -2.08. The number of likely N-dealkylation sites (N-methyl/N-ethyl adjacent to an activating group) is 2. The van der Waals surface area contributed by atoms with E-state index in [-0.39, 0.29) is 11.5 Å². The predicted molar refractivity (Wildman–Crippen MR) is 75.8 cm³/mol. The third kappa shape index (κ3) is 3.48. The molecule has 1 aromatic rings. The molecule has 0 saturated carbocycles. The first-order chi connectivity index (χ1) is 9.58. The molecule has 0 spiro atoms. The van der Waals surface area contributed by atoms with Crippen LogP contribution in [-0.4, -0.2) is 58.5 Å². The summed E-state index contributed by atoms with van der Waals surface area (Å²) in [4.78, 5) is 24.9. The molecule has 110 valence electrons. The minimum atomic E-state index is -0.177. The molecular formula is C14H20N2O4. The number of nitrogens with zero attached hydrogens (tertiary/aromatic N) is 1. The fourth-order valence-corrected chi connectivity index (χ4v) is 1.81. The Bertz CT molecular complexity index is 488. The summed E-state index contributed by atoms with van der Waals surface area (Å²) >= 11 is 0. The van der Waals surface area contributed by atoms with Gasteiger partial charge in [0, 0.05) is 25.7 Å². The average Bonchev–Trinajstić information content (AvgIpc) is 2.49. The fourth-order valence-electron chi connectivity index (χ4n) is 1.81. The molecule has 1 N–H and O–H groups in total. The van der Waals surface area contributed by atoms with Crippen molar-refractivity contribution in [1.29, 1.82) is 0 Å². The molecule has 6 heteroatoms. The highest BCUT2D eigenvalue weighted by Gasteiger charge is 2.18. The number of ether oxygens (including phenoxy) is 2. The third-order valence-electron chi connectivity index (χ3n) is 2.93. The van der Waals surface area contributed by atoms with E-state index >= 15 is 0 Å². The maximum absolute atomic E-state index is 12.3. The third-order valence-corrected chi connectivity index (χ3v) is 2.93. The van der Waals surface area contributed by atoms with Crippen LogP contribution in [0.2, 0.25) is 0 Å². The number of methoxy groups -OCH3 is 2. The number of benzene rings is 1. The van der Waals surface area contributed by atoms with E-state index in [0.29, 0.717) is 36.4 Å². The first kappa shape index (κ1) is 16.0. The molecule has 0 radical (unpaired) electrons. The van der Waals surface area contributed by atoms with E-state index in [1.807, 2.05) is 7.05 Å². The lowest BCUT2D eigenvalue weighted by Crippen LogP contribution is -2.32. The highest BCUT2D eigenvalue weighted by atomic mass is 16.5. The van der Waals surface area contributed by atoms with E-state index in [4.69, 9.17) is 9.47 Å². The summed E-state index contributed by atoms with van der Waals surface area (Å²) in [5.74, 6) is 0.517. The SMILES string of the molecule is CNCCN(C)C(=O)c1cc(C=O)c(OC)c(OC)c1. The van der Waals surface area contributed by atoms with Crippen molar-refractivity contribution in [1.82, 2.24) is 10.2 Å². The molecule has 0 unspecified atom stereocenters. The maximum Gasteiger partial charge on any atom is 0.253 e. The highest BCUT2D eigenvalue weighted by Crippen LogP contribution is 2.31. The summed E-state index contributed by atoms with van der Waals surface area (Å²) in [6.45, 7) is 1.26. The lowest BCUT2D eigenvalue weighted by atomic mass is 10.1. The number of rotatable bonds is 7. The molecule has 1 aromatic carbocycles. The van der Waals surface area contributed by atoms with Gasteiger partial charge in [-0.2, -0.15) is 0 Å². The van der Waals surface area contributed by atoms with E-state index in [1.54, 1.807) is 18.0 Å². The molecule has 20 heavy (non-hydrogen) atoms. The Kier molecular flexibility index (Phi) is 5.99. The van der Waals surface area contributed by atoms with Crippen LogP contribution in [0.25, 0.3) is 0 Å². The second kappa shape index (κ2) is 7.49. The molecule has 0 aliphatic heterocycles. The van der Waals surface area contributed by atoms with Gasteiger partial charge in [-0.25, -0.2) is 0 Å². The van der Waals surface area contributed by atoms with Crippen LogP contribution in [0.3, 0.4) is 0 Å².